The summed E-state index contributed by atoms with van der Waals surface area (Å²) >= 11 is 0.942. The van der Waals surface area contributed by atoms with Crippen LogP contribution in [0.15, 0.2) is 10.2 Å². The van der Waals surface area contributed by atoms with E-state index in [4.69, 9.17) is 4.74 Å². The van der Waals surface area contributed by atoms with Crippen molar-refractivity contribution in [3.63, 3.8) is 0 Å². The average Bonchev–Trinajstić information content (AvgIpc) is 2.76. The van der Waals surface area contributed by atoms with Crippen molar-refractivity contribution in [1.82, 2.24) is 9.55 Å². The summed E-state index contributed by atoms with van der Waals surface area (Å²) in [4.78, 5) is 38.7. The lowest BCUT2D eigenvalue weighted by Gasteiger charge is -2.20. The summed E-state index contributed by atoms with van der Waals surface area (Å²) in [7, 11) is 0. The Morgan fingerprint density at radius 1 is 1.50 bits per heavy atom. The predicted molar refractivity (Wildman–Crippen MR) is 81.1 cm³/mol. The van der Waals surface area contributed by atoms with E-state index < -0.39 is 22.1 Å². The number of ether oxygens (including phenoxy) is 1. The van der Waals surface area contributed by atoms with Crippen LogP contribution in [0.4, 0.5) is 5.69 Å². The van der Waals surface area contributed by atoms with E-state index in [1.807, 2.05) is 0 Å². The molecule has 0 unspecified atom stereocenters. The molecular formula is C13H15N3O5S. The van der Waals surface area contributed by atoms with Crippen molar-refractivity contribution in [3.05, 3.63) is 31.7 Å². The lowest BCUT2D eigenvalue weighted by molar-refractivity contribution is -0.382. The lowest BCUT2D eigenvalue weighted by Crippen LogP contribution is -2.32. The third kappa shape index (κ3) is 3.14. The van der Waals surface area contributed by atoms with Gasteiger partial charge in [-0.1, -0.05) is 0 Å². The zero-order valence-electron chi connectivity index (χ0n) is 12.6. The molecule has 0 bridgehead atoms. The first-order valence-corrected chi connectivity index (χ1v) is 7.33. The van der Waals surface area contributed by atoms with Gasteiger partial charge in [-0.25, -0.2) is 4.98 Å². The fraction of sp³-hybridized carbons (Fsp3) is 0.462. The zero-order chi connectivity index (χ0) is 16.7. The van der Waals surface area contributed by atoms with Crippen molar-refractivity contribution >= 4 is 33.2 Å². The summed E-state index contributed by atoms with van der Waals surface area (Å²) in [6.45, 7) is 6.42. The number of carbonyl (C=O) groups is 1. The van der Waals surface area contributed by atoms with E-state index in [1.165, 1.54) is 12.3 Å². The van der Waals surface area contributed by atoms with Gasteiger partial charge in [0.2, 0.25) is 0 Å². The molecule has 2 heterocycles. The fourth-order valence-corrected chi connectivity index (χ4v) is 2.81. The number of thiophene rings is 1. The fourth-order valence-electron chi connectivity index (χ4n) is 1.91. The van der Waals surface area contributed by atoms with Crippen LogP contribution in [0.25, 0.3) is 10.2 Å². The Morgan fingerprint density at radius 3 is 2.68 bits per heavy atom. The number of nitrogens with zero attached hydrogens (tertiary/aromatic N) is 3. The Morgan fingerprint density at radius 2 is 2.14 bits per heavy atom. The maximum Gasteiger partial charge on any atom is 0.326 e. The molecule has 0 aromatic carbocycles. The van der Waals surface area contributed by atoms with Crippen LogP contribution in [0, 0.1) is 17.0 Å². The van der Waals surface area contributed by atoms with Crippen LogP contribution in [0.3, 0.4) is 0 Å². The number of aryl methyl sites for hydroxylation is 1. The topological polar surface area (TPSA) is 104 Å². The molecule has 0 atom stereocenters. The van der Waals surface area contributed by atoms with Gasteiger partial charge in [0, 0.05) is 0 Å². The predicted octanol–water partition coefficient (Wildman–Crippen LogP) is 2.02. The van der Waals surface area contributed by atoms with E-state index in [0.29, 0.717) is 0 Å². The van der Waals surface area contributed by atoms with Gasteiger partial charge in [-0.2, -0.15) is 0 Å². The highest BCUT2D eigenvalue weighted by molar-refractivity contribution is 7.17. The molecule has 2 rings (SSSR count). The smallest absolute Gasteiger partial charge is 0.326 e. The molecule has 0 radical (unpaired) electrons. The third-order valence-electron chi connectivity index (χ3n) is 2.75. The molecule has 0 fully saturated rings. The Labute approximate surface area is 129 Å². The quantitative estimate of drug-likeness (QED) is 0.486. The Hall–Kier alpha value is -2.29. The van der Waals surface area contributed by atoms with E-state index in [0.717, 1.165) is 15.9 Å². The molecule has 0 aliphatic heterocycles. The zero-order valence-corrected chi connectivity index (χ0v) is 13.4. The molecular weight excluding hydrogens is 310 g/mol. The van der Waals surface area contributed by atoms with Crippen molar-refractivity contribution < 1.29 is 14.5 Å². The number of hydrogen-bond donors (Lipinski definition) is 0. The van der Waals surface area contributed by atoms with E-state index in [-0.39, 0.29) is 28.3 Å². The van der Waals surface area contributed by atoms with Crippen LogP contribution in [-0.4, -0.2) is 26.0 Å². The van der Waals surface area contributed by atoms with E-state index in [1.54, 1.807) is 20.8 Å². The van der Waals surface area contributed by atoms with E-state index >= 15 is 0 Å². The number of fused-ring (bicyclic) bond motifs is 1. The third-order valence-corrected chi connectivity index (χ3v) is 3.70. The summed E-state index contributed by atoms with van der Waals surface area (Å²) in [5.74, 6) is -0.338. The summed E-state index contributed by atoms with van der Waals surface area (Å²) in [5, 5.41) is 12.2. The Kier molecular flexibility index (Phi) is 4.01. The Bertz CT molecular complexity index is 815. The highest BCUT2D eigenvalue weighted by Crippen LogP contribution is 2.27. The SMILES string of the molecule is Cc1nc2c([N+](=O)[O-])csc2c(=O)n1CC(=O)OC(C)(C)C. The standard InChI is InChI=1S/C13H15N3O5S/c1-7-14-10-8(16(19)20)6-22-11(10)12(18)15(7)5-9(17)21-13(2,3)4/h6H,5H2,1-4H3. The van der Waals surface area contributed by atoms with Crippen LogP contribution in [0.1, 0.15) is 26.6 Å². The molecule has 0 amide bonds. The van der Waals surface area contributed by atoms with Crippen LogP contribution in [-0.2, 0) is 16.1 Å². The minimum Gasteiger partial charge on any atom is -0.459 e. The Balaban J connectivity index is 2.46. The van der Waals surface area contributed by atoms with Gasteiger partial charge in [0.25, 0.3) is 5.56 Å². The summed E-state index contributed by atoms with van der Waals surface area (Å²) in [6, 6.07) is 0. The van der Waals surface area contributed by atoms with E-state index in [2.05, 4.69) is 4.98 Å². The highest BCUT2D eigenvalue weighted by Gasteiger charge is 2.23. The number of nitro groups is 1. The summed E-state index contributed by atoms with van der Waals surface area (Å²) in [6.07, 6.45) is 0. The van der Waals surface area contributed by atoms with E-state index in [9.17, 15) is 19.7 Å². The number of esters is 1. The largest absolute Gasteiger partial charge is 0.459 e. The van der Waals surface area contributed by atoms with Gasteiger partial charge in [-0.3, -0.25) is 24.3 Å². The minimum absolute atomic E-state index is 0.0536. The van der Waals surface area contributed by atoms with Gasteiger partial charge in [-0.15, -0.1) is 11.3 Å². The second-order valence-electron chi connectivity index (χ2n) is 5.69. The second-order valence-corrected chi connectivity index (χ2v) is 6.57. The molecule has 22 heavy (non-hydrogen) atoms. The van der Waals surface area contributed by atoms with Crippen molar-refractivity contribution in [2.45, 2.75) is 39.8 Å². The van der Waals surface area contributed by atoms with Crippen LogP contribution in [0.5, 0.6) is 0 Å². The molecule has 2 aromatic rings. The maximum absolute atomic E-state index is 12.4. The molecule has 0 aliphatic rings. The van der Waals surface area contributed by atoms with Gasteiger partial charge < -0.3 is 4.74 Å². The first kappa shape index (κ1) is 16.1. The molecule has 0 saturated carbocycles. The van der Waals surface area contributed by atoms with Crippen LogP contribution in [0.2, 0.25) is 0 Å². The lowest BCUT2D eigenvalue weighted by atomic mass is 10.2. The average molecular weight is 325 g/mol. The van der Waals surface area contributed by atoms with Crippen molar-refractivity contribution in [2.75, 3.05) is 0 Å². The second kappa shape index (κ2) is 5.48. The van der Waals surface area contributed by atoms with Gasteiger partial charge in [0.15, 0.2) is 5.52 Å². The summed E-state index contributed by atoms with van der Waals surface area (Å²) in [5.41, 5.74) is -1.29. The number of rotatable bonds is 3. The molecule has 0 spiro atoms. The summed E-state index contributed by atoms with van der Waals surface area (Å²) < 4.78 is 6.49. The molecule has 0 saturated heterocycles. The monoisotopic (exact) mass is 325 g/mol. The molecule has 0 N–H and O–H groups in total. The van der Waals surface area contributed by atoms with Crippen molar-refractivity contribution in [3.8, 4) is 0 Å². The van der Waals surface area contributed by atoms with Gasteiger partial charge in [0.05, 0.1) is 10.3 Å². The highest BCUT2D eigenvalue weighted by atomic mass is 32.1. The molecule has 118 valence electrons. The minimum atomic E-state index is -0.659. The number of carbonyl (C=O) groups excluding carboxylic acids is 1. The molecule has 0 aliphatic carbocycles. The van der Waals surface area contributed by atoms with Gasteiger partial charge >= 0.3 is 11.7 Å². The van der Waals surface area contributed by atoms with Crippen molar-refractivity contribution in [2.24, 2.45) is 0 Å². The number of aromatic nitrogens is 2. The molecule has 8 nitrogen and oxygen atoms in total. The van der Waals surface area contributed by atoms with Gasteiger partial charge in [0.1, 0.15) is 22.7 Å². The molecule has 2 aromatic heterocycles. The maximum atomic E-state index is 12.4. The van der Waals surface area contributed by atoms with Gasteiger partial charge in [-0.05, 0) is 27.7 Å². The normalized spacial score (nSPS) is 11.6. The first-order valence-electron chi connectivity index (χ1n) is 6.45. The van der Waals surface area contributed by atoms with Crippen LogP contribution < -0.4 is 5.56 Å². The molecule has 9 heteroatoms. The van der Waals surface area contributed by atoms with Crippen LogP contribution >= 0.6 is 11.3 Å². The van der Waals surface area contributed by atoms with Crippen molar-refractivity contribution in [1.29, 1.82) is 0 Å². The number of hydrogen-bond acceptors (Lipinski definition) is 7. The first-order chi connectivity index (χ1) is 10.1.